The fourth-order valence-electron chi connectivity index (χ4n) is 5.36. The van der Waals surface area contributed by atoms with E-state index in [0.717, 1.165) is 5.92 Å². The van der Waals surface area contributed by atoms with Crippen LogP contribution in [0.5, 0.6) is 0 Å². The summed E-state index contributed by atoms with van der Waals surface area (Å²) in [6.07, 6.45) is 22.1. The SMILES string of the molecule is CC[N+](CC)(CCCCC1CCCCCCCCCCC1)CCC(C)NN(C)C. The molecule has 174 valence electrons. The zero-order valence-electron chi connectivity index (χ0n) is 21.0. The third-order valence-electron chi connectivity index (χ3n) is 7.58. The number of quaternary nitrogens is 1. The normalized spacial score (nSPS) is 19.7. The Morgan fingerprint density at radius 3 is 1.79 bits per heavy atom. The largest absolute Gasteiger partial charge is 0.324 e. The van der Waals surface area contributed by atoms with Crippen molar-refractivity contribution in [2.24, 2.45) is 5.92 Å². The van der Waals surface area contributed by atoms with Crippen LogP contribution in [0.2, 0.25) is 0 Å². The number of rotatable bonds is 12. The molecular weight excluding hydrogens is 354 g/mol. The molecule has 1 rings (SSSR count). The van der Waals surface area contributed by atoms with Gasteiger partial charge in [0, 0.05) is 26.6 Å². The lowest BCUT2D eigenvalue weighted by Crippen LogP contribution is -2.51. The quantitative estimate of drug-likeness (QED) is 0.217. The molecule has 1 aliphatic rings. The lowest BCUT2D eigenvalue weighted by atomic mass is 9.89. The molecule has 0 amide bonds. The van der Waals surface area contributed by atoms with Crippen molar-refractivity contribution in [3.05, 3.63) is 0 Å². The lowest BCUT2D eigenvalue weighted by Gasteiger charge is -2.38. The molecule has 0 aromatic carbocycles. The third kappa shape index (κ3) is 13.0. The summed E-state index contributed by atoms with van der Waals surface area (Å²) in [6.45, 7) is 12.4. The van der Waals surface area contributed by atoms with Gasteiger partial charge in [0.25, 0.3) is 0 Å². The minimum Gasteiger partial charge on any atom is -0.324 e. The molecule has 1 fully saturated rings. The molecule has 29 heavy (non-hydrogen) atoms. The highest BCUT2D eigenvalue weighted by Gasteiger charge is 2.23. The minimum atomic E-state index is 0.567. The van der Waals surface area contributed by atoms with Gasteiger partial charge in [0.05, 0.1) is 26.2 Å². The van der Waals surface area contributed by atoms with E-state index < -0.39 is 0 Å². The van der Waals surface area contributed by atoms with Crippen molar-refractivity contribution in [2.75, 3.05) is 40.3 Å². The van der Waals surface area contributed by atoms with Crippen molar-refractivity contribution < 1.29 is 4.48 Å². The van der Waals surface area contributed by atoms with Crippen LogP contribution in [0.4, 0.5) is 0 Å². The standard InChI is InChI=1S/C26H56N3/c1-6-29(7-2,24-22-25(3)27-28(4)5)23-18-17-21-26-19-15-13-11-9-8-10-12-14-16-20-26/h25-27H,6-24H2,1-5H3/q+1. The van der Waals surface area contributed by atoms with E-state index in [4.69, 9.17) is 0 Å². The first-order valence-electron chi connectivity index (χ1n) is 13.3. The van der Waals surface area contributed by atoms with E-state index in [2.05, 4.69) is 45.3 Å². The fraction of sp³-hybridized carbons (Fsp3) is 1.00. The molecule has 0 aromatic heterocycles. The number of hydrogen-bond acceptors (Lipinski definition) is 2. The van der Waals surface area contributed by atoms with Gasteiger partial charge in [-0.25, -0.2) is 0 Å². The van der Waals surface area contributed by atoms with Gasteiger partial charge in [-0.15, -0.1) is 0 Å². The molecule has 0 heterocycles. The smallest absolute Gasteiger partial charge is 0.0801 e. The van der Waals surface area contributed by atoms with Crippen molar-refractivity contribution >= 4 is 0 Å². The molecular formula is C26H56N3+. The molecule has 0 aliphatic heterocycles. The molecule has 1 aliphatic carbocycles. The summed E-state index contributed by atoms with van der Waals surface area (Å²) in [5, 5.41) is 2.10. The summed E-state index contributed by atoms with van der Waals surface area (Å²) >= 11 is 0. The van der Waals surface area contributed by atoms with Gasteiger partial charge in [-0.3, -0.25) is 10.4 Å². The predicted octanol–water partition coefficient (Wildman–Crippen LogP) is 6.78. The zero-order chi connectivity index (χ0) is 21.4. The van der Waals surface area contributed by atoms with Gasteiger partial charge in [-0.1, -0.05) is 77.0 Å². The summed E-state index contributed by atoms with van der Waals surface area (Å²) in [4.78, 5) is 0. The van der Waals surface area contributed by atoms with Gasteiger partial charge in [0.1, 0.15) is 0 Å². The third-order valence-corrected chi connectivity index (χ3v) is 7.58. The number of unbranched alkanes of at least 4 members (excludes halogenated alkanes) is 1. The lowest BCUT2D eigenvalue weighted by molar-refractivity contribution is -0.925. The van der Waals surface area contributed by atoms with Crippen molar-refractivity contribution in [3.8, 4) is 0 Å². The van der Waals surface area contributed by atoms with Crippen LogP contribution in [0.3, 0.4) is 0 Å². The Bertz CT molecular complexity index is 353. The highest BCUT2D eigenvalue weighted by atomic mass is 15.5. The van der Waals surface area contributed by atoms with Crippen molar-refractivity contribution in [2.45, 2.75) is 123 Å². The van der Waals surface area contributed by atoms with Gasteiger partial charge < -0.3 is 4.48 Å². The first-order chi connectivity index (χ1) is 14.0. The van der Waals surface area contributed by atoms with E-state index in [1.807, 2.05) is 0 Å². The molecule has 0 saturated heterocycles. The van der Waals surface area contributed by atoms with E-state index in [0.29, 0.717) is 6.04 Å². The van der Waals surface area contributed by atoms with Crippen molar-refractivity contribution in [1.82, 2.24) is 10.4 Å². The molecule has 3 heteroatoms. The Morgan fingerprint density at radius 2 is 1.31 bits per heavy atom. The van der Waals surface area contributed by atoms with Gasteiger partial charge in [0.2, 0.25) is 0 Å². The first kappa shape index (κ1) is 26.9. The number of hydrazine groups is 1. The number of hydrogen-bond donors (Lipinski definition) is 1. The number of nitrogens with zero attached hydrogens (tertiary/aromatic N) is 2. The van der Waals surface area contributed by atoms with Crippen molar-refractivity contribution in [1.29, 1.82) is 0 Å². The second-order valence-electron chi connectivity index (χ2n) is 10.3. The Balaban J connectivity index is 2.35. The Morgan fingerprint density at radius 1 is 0.793 bits per heavy atom. The number of nitrogens with one attached hydrogen (secondary N) is 1. The summed E-state index contributed by atoms with van der Waals surface area (Å²) in [5.74, 6) is 1.02. The molecule has 0 spiro atoms. The fourth-order valence-corrected chi connectivity index (χ4v) is 5.36. The van der Waals surface area contributed by atoms with Crippen LogP contribution in [0.25, 0.3) is 0 Å². The molecule has 1 saturated carbocycles. The molecule has 1 atom stereocenters. The second-order valence-corrected chi connectivity index (χ2v) is 10.3. The van der Waals surface area contributed by atoms with Crippen LogP contribution in [0.15, 0.2) is 0 Å². The zero-order valence-corrected chi connectivity index (χ0v) is 21.0. The maximum atomic E-state index is 3.53. The summed E-state index contributed by atoms with van der Waals surface area (Å²) < 4.78 is 1.31. The Kier molecular flexibility index (Phi) is 15.4. The maximum Gasteiger partial charge on any atom is 0.0801 e. The molecule has 0 aromatic rings. The van der Waals surface area contributed by atoms with Crippen LogP contribution in [0, 0.1) is 5.92 Å². The van der Waals surface area contributed by atoms with Gasteiger partial charge >= 0.3 is 0 Å². The van der Waals surface area contributed by atoms with Crippen LogP contribution < -0.4 is 5.43 Å². The average Bonchev–Trinajstić information content (AvgIpc) is 2.69. The van der Waals surface area contributed by atoms with E-state index in [-0.39, 0.29) is 0 Å². The highest BCUT2D eigenvalue weighted by molar-refractivity contribution is 4.63. The monoisotopic (exact) mass is 410 g/mol. The van der Waals surface area contributed by atoms with Crippen LogP contribution in [-0.2, 0) is 0 Å². The van der Waals surface area contributed by atoms with Crippen LogP contribution in [0.1, 0.15) is 117 Å². The molecule has 0 bridgehead atoms. The van der Waals surface area contributed by atoms with E-state index >= 15 is 0 Å². The summed E-state index contributed by atoms with van der Waals surface area (Å²) in [6, 6.07) is 0.567. The second kappa shape index (κ2) is 16.6. The van der Waals surface area contributed by atoms with Gasteiger partial charge in [0.15, 0.2) is 0 Å². The van der Waals surface area contributed by atoms with Gasteiger partial charge in [-0.2, -0.15) is 0 Å². The minimum absolute atomic E-state index is 0.567. The maximum absolute atomic E-state index is 3.53. The molecule has 1 N–H and O–H groups in total. The van der Waals surface area contributed by atoms with Crippen LogP contribution in [-0.4, -0.2) is 55.8 Å². The molecule has 0 radical (unpaired) electrons. The first-order valence-corrected chi connectivity index (χ1v) is 13.3. The average molecular weight is 411 g/mol. The summed E-state index contributed by atoms with van der Waals surface area (Å²) in [7, 11) is 4.20. The predicted molar refractivity (Wildman–Crippen MR) is 130 cm³/mol. The Labute approximate surface area is 184 Å². The van der Waals surface area contributed by atoms with E-state index in [1.54, 1.807) is 0 Å². The van der Waals surface area contributed by atoms with E-state index in [1.165, 1.54) is 127 Å². The topological polar surface area (TPSA) is 15.3 Å². The molecule has 1 unspecified atom stereocenters. The highest BCUT2D eigenvalue weighted by Crippen LogP contribution is 2.25. The van der Waals surface area contributed by atoms with Gasteiger partial charge in [-0.05, 0) is 39.5 Å². The van der Waals surface area contributed by atoms with E-state index in [9.17, 15) is 0 Å². The van der Waals surface area contributed by atoms with Crippen molar-refractivity contribution in [3.63, 3.8) is 0 Å². The Hall–Kier alpha value is -0.120. The molecule has 3 nitrogen and oxygen atoms in total. The summed E-state index contributed by atoms with van der Waals surface area (Å²) in [5.41, 5.74) is 3.53. The van der Waals surface area contributed by atoms with Crippen LogP contribution >= 0.6 is 0 Å².